The van der Waals surface area contributed by atoms with Gasteiger partial charge in [-0.2, -0.15) is 4.98 Å². The monoisotopic (exact) mass is 345 g/mol. The number of benzene rings is 1. The van der Waals surface area contributed by atoms with Crippen molar-refractivity contribution in [2.75, 3.05) is 19.7 Å². The van der Waals surface area contributed by atoms with Crippen LogP contribution >= 0.6 is 0 Å². The van der Waals surface area contributed by atoms with Crippen molar-refractivity contribution in [2.45, 2.75) is 37.7 Å². The molecule has 1 aromatic carbocycles. The molecule has 25 heavy (non-hydrogen) atoms. The lowest BCUT2D eigenvalue weighted by Crippen LogP contribution is -2.44. The Balaban J connectivity index is 1.46. The van der Waals surface area contributed by atoms with Gasteiger partial charge in [-0.1, -0.05) is 5.16 Å². The van der Waals surface area contributed by atoms with E-state index in [4.69, 9.17) is 9.26 Å². The molecule has 0 unspecified atom stereocenters. The first kappa shape index (κ1) is 16.2. The van der Waals surface area contributed by atoms with Crippen molar-refractivity contribution in [1.82, 2.24) is 15.0 Å². The van der Waals surface area contributed by atoms with E-state index in [1.54, 1.807) is 12.1 Å². The van der Waals surface area contributed by atoms with Gasteiger partial charge in [0.05, 0.1) is 5.92 Å². The first-order chi connectivity index (χ1) is 12.2. The predicted molar refractivity (Wildman–Crippen MR) is 87.2 cm³/mol. The molecule has 2 aromatic rings. The van der Waals surface area contributed by atoms with Gasteiger partial charge in [-0.15, -0.1) is 0 Å². The second kappa shape index (κ2) is 6.92. The minimum Gasteiger partial charge on any atom is -0.368 e. The largest absolute Gasteiger partial charge is 0.368 e. The maximum atomic E-state index is 13.0. The first-order valence-corrected chi connectivity index (χ1v) is 8.70. The standard InChI is InChI=1S/C18H20FN3O3/c19-14-7-5-12(6-8-14)16-20-17(25-21-16)13-3-1-9-22(11-13)18(23)15-4-2-10-24-15/h5-8,13,15H,1-4,9-11H2/t13-,15-/m1/s1. The molecule has 2 saturated heterocycles. The molecule has 6 nitrogen and oxygen atoms in total. The molecule has 1 aromatic heterocycles. The number of aromatic nitrogens is 2. The lowest BCUT2D eigenvalue weighted by atomic mass is 9.97. The van der Waals surface area contributed by atoms with Gasteiger partial charge in [-0.3, -0.25) is 4.79 Å². The van der Waals surface area contributed by atoms with Crippen LogP contribution in [0, 0.1) is 5.82 Å². The average molecular weight is 345 g/mol. The Hall–Kier alpha value is -2.28. The molecular formula is C18H20FN3O3. The third-order valence-corrected chi connectivity index (χ3v) is 4.83. The van der Waals surface area contributed by atoms with Crippen molar-refractivity contribution >= 4 is 5.91 Å². The van der Waals surface area contributed by atoms with Crippen LogP contribution in [0.3, 0.4) is 0 Å². The number of amides is 1. The van der Waals surface area contributed by atoms with Crippen LogP contribution in [-0.2, 0) is 9.53 Å². The summed E-state index contributed by atoms with van der Waals surface area (Å²) in [4.78, 5) is 18.8. The summed E-state index contributed by atoms with van der Waals surface area (Å²) in [6.45, 7) is 1.98. The smallest absolute Gasteiger partial charge is 0.251 e. The number of likely N-dealkylation sites (tertiary alicyclic amines) is 1. The number of carbonyl (C=O) groups is 1. The minimum absolute atomic E-state index is 0.0285. The van der Waals surface area contributed by atoms with Crippen LogP contribution in [0.2, 0.25) is 0 Å². The molecule has 7 heteroatoms. The van der Waals surface area contributed by atoms with E-state index in [1.807, 2.05) is 4.90 Å². The molecule has 0 saturated carbocycles. The zero-order chi connectivity index (χ0) is 17.2. The topological polar surface area (TPSA) is 68.5 Å². The molecule has 132 valence electrons. The maximum absolute atomic E-state index is 13.0. The van der Waals surface area contributed by atoms with Crippen LogP contribution < -0.4 is 0 Å². The fourth-order valence-corrected chi connectivity index (χ4v) is 3.47. The van der Waals surface area contributed by atoms with E-state index in [1.165, 1.54) is 12.1 Å². The first-order valence-electron chi connectivity index (χ1n) is 8.70. The fraction of sp³-hybridized carbons (Fsp3) is 0.500. The van der Waals surface area contributed by atoms with Gasteiger partial charge in [0.2, 0.25) is 11.7 Å². The van der Waals surface area contributed by atoms with Gasteiger partial charge in [0.25, 0.3) is 5.91 Å². The molecule has 2 aliphatic rings. The summed E-state index contributed by atoms with van der Waals surface area (Å²) < 4.78 is 24.0. The molecule has 1 amide bonds. The van der Waals surface area contributed by atoms with E-state index in [-0.39, 0.29) is 23.7 Å². The van der Waals surface area contributed by atoms with Crippen molar-refractivity contribution in [3.8, 4) is 11.4 Å². The molecule has 2 aliphatic heterocycles. The zero-order valence-electron chi connectivity index (χ0n) is 13.9. The van der Waals surface area contributed by atoms with Crippen LogP contribution in [0.4, 0.5) is 4.39 Å². The summed E-state index contributed by atoms with van der Waals surface area (Å²) in [5.74, 6) is 0.769. The van der Waals surface area contributed by atoms with Gasteiger partial charge >= 0.3 is 0 Å². The highest BCUT2D eigenvalue weighted by Crippen LogP contribution is 2.29. The van der Waals surface area contributed by atoms with Crippen LogP contribution in [0.5, 0.6) is 0 Å². The van der Waals surface area contributed by atoms with Gasteiger partial charge in [-0.05, 0) is 49.9 Å². The molecule has 2 atom stereocenters. The molecule has 0 radical (unpaired) electrons. The van der Waals surface area contributed by atoms with Gasteiger partial charge in [-0.25, -0.2) is 4.39 Å². The molecule has 0 spiro atoms. The summed E-state index contributed by atoms with van der Waals surface area (Å²) >= 11 is 0. The third-order valence-electron chi connectivity index (χ3n) is 4.83. The molecule has 0 N–H and O–H groups in total. The number of piperidine rings is 1. The number of ether oxygens (including phenoxy) is 1. The van der Waals surface area contributed by atoms with Gasteiger partial charge in [0.1, 0.15) is 11.9 Å². The third kappa shape index (κ3) is 3.42. The number of rotatable bonds is 3. The Labute approximate surface area is 145 Å². The van der Waals surface area contributed by atoms with Crippen molar-refractivity contribution in [3.05, 3.63) is 36.0 Å². The minimum atomic E-state index is -0.303. The lowest BCUT2D eigenvalue weighted by molar-refractivity contribution is -0.142. The summed E-state index contributed by atoms with van der Waals surface area (Å²) in [5.41, 5.74) is 0.708. The highest BCUT2D eigenvalue weighted by Gasteiger charge is 2.33. The maximum Gasteiger partial charge on any atom is 0.251 e. The molecule has 2 fully saturated rings. The Bertz CT molecular complexity index is 740. The summed E-state index contributed by atoms with van der Waals surface area (Å²) in [6, 6.07) is 5.98. The van der Waals surface area contributed by atoms with Crippen LogP contribution in [-0.4, -0.2) is 46.7 Å². The molecule has 0 bridgehead atoms. The van der Waals surface area contributed by atoms with Crippen LogP contribution in [0.25, 0.3) is 11.4 Å². The van der Waals surface area contributed by atoms with Crippen molar-refractivity contribution < 1.29 is 18.4 Å². The summed E-state index contributed by atoms with van der Waals surface area (Å²) in [5, 5.41) is 4.00. The van der Waals surface area contributed by atoms with E-state index in [0.29, 0.717) is 30.4 Å². The zero-order valence-corrected chi connectivity index (χ0v) is 13.9. The average Bonchev–Trinajstić information content (AvgIpc) is 3.34. The Morgan fingerprint density at radius 3 is 2.80 bits per heavy atom. The molecule has 3 heterocycles. The normalized spacial score (nSPS) is 23.8. The Morgan fingerprint density at radius 1 is 1.20 bits per heavy atom. The number of halogens is 1. The number of carbonyl (C=O) groups excluding carboxylic acids is 1. The highest BCUT2D eigenvalue weighted by atomic mass is 19.1. The Morgan fingerprint density at radius 2 is 2.04 bits per heavy atom. The quantitative estimate of drug-likeness (QED) is 0.856. The fourth-order valence-electron chi connectivity index (χ4n) is 3.47. The van der Waals surface area contributed by atoms with Crippen molar-refractivity contribution in [3.63, 3.8) is 0 Å². The van der Waals surface area contributed by atoms with E-state index in [0.717, 1.165) is 32.2 Å². The number of hydrogen-bond acceptors (Lipinski definition) is 5. The second-order valence-corrected chi connectivity index (χ2v) is 6.59. The van der Waals surface area contributed by atoms with E-state index < -0.39 is 0 Å². The Kier molecular flexibility index (Phi) is 4.48. The van der Waals surface area contributed by atoms with Gasteiger partial charge < -0.3 is 14.2 Å². The summed E-state index contributed by atoms with van der Waals surface area (Å²) in [6.07, 6.45) is 3.25. The summed E-state index contributed by atoms with van der Waals surface area (Å²) in [7, 11) is 0. The molecule has 0 aliphatic carbocycles. The van der Waals surface area contributed by atoms with Crippen LogP contribution in [0.1, 0.15) is 37.5 Å². The van der Waals surface area contributed by atoms with E-state index in [2.05, 4.69) is 10.1 Å². The molecule has 4 rings (SSSR count). The van der Waals surface area contributed by atoms with Crippen LogP contribution in [0.15, 0.2) is 28.8 Å². The number of hydrogen-bond donors (Lipinski definition) is 0. The number of nitrogens with zero attached hydrogens (tertiary/aromatic N) is 3. The predicted octanol–water partition coefficient (Wildman–Crippen LogP) is 2.76. The van der Waals surface area contributed by atoms with E-state index in [9.17, 15) is 9.18 Å². The van der Waals surface area contributed by atoms with Crippen molar-refractivity contribution in [1.29, 1.82) is 0 Å². The molecular weight excluding hydrogens is 325 g/mol. The van der Waals surface area contributed by atoms with Gasteiger partial charge in [0, 0.05) is 25.3 Å². The van der Waals surface area contributed by atoms with E-state index >= 15 is 0 Å². The van der Waals surface area contributed by atoms with Crippen molar-refractivity contribution in [2.24, 2.45) is 0 Å². The second-order valence-electron chi connectivity index (χ2n) is 6.59. The highest BCUT2D eigenvalue weighted by molar-refractivity contribution is 5.81. The van der Waals surface area contributed by atoms with Gasteiger partial charge in [0.15, 0.2) is 0 Å². The SMILES string of the molecule is O=C([C@H]1CCCO1)N1CCC[C@@H](c2nc(-c3ccc(F)cc3)no2)C1. The lowest BCUT2D eigenvalue weighted by Gasteiger charge is -2.32.